The number of carbonyl (C=O) groups is 1. The first kappa shape index (κ1) is 11.3. The Morgan fingerprint density at radius 3 is 2.42 bits per heavy atom. The van der Waals surface area contributed by atoms with Gasteiger partial charge >= 0.3 is 6.09 Å². The highest BCUT2D eigenvalue weighted by molar-refractivity contribution is 5.68. The van der Waals surface area contributed by atoms with Gasteiger partial charge in [0.1, 0.15) is 5.60 Å². The highest BCUT2D eigenvalue weighted by Gasteiger charge is 2.16. The Hall–Kier alpha value is -0.730. The molecular weight excluding hydrogens is 154 g/mol. The predicted molar refractivity (Wildman–Crippen MR) is 48.8 cm³/mol. The summed E-state index contributed by atoms with van der Waals surface area (Å²) in [5.74, 6) is 0. The van der Waals surface area contributed by atoms with E-state index in [4.69, 9.17) is 4.74 Å². The third-order valence-corrected chi connectivity index (χ3v) is 1.21. The molecule has 0 saturated heterocycles. The highest BCUT2D eigenvalue weighted by atomic mass is 16.6. The van der Waals surface area contributed by atoms with Crippen LogP contribution in [-0.2, 0) is 4.74 Å². The monoisotopic (exact) mass is 172 g/mol. The second-order valence-electron chi connectivity index (χ2n) is 3.75. The fraction of sp³-hybridized carbons (Fsp3) is 0.778. The molecule has 12 heavy (non-hydrogen) atoms. The zero-order valence-electron chi connectivity index (χ0n) is 8.31. The van der Waals surface area contributed by atoms with Crippen LogP contribution in [0.3, 0.4) is 0 Å². The minimum Gasteiger partial charge on any atom is -0.444 e. The Kier molecular flexibility index (Phi) is 4.07. The van der Waals surface area contributed by atoms with Crippen LogP contribution in [0.25, 0.3) is 0 Å². The van der Waals surface area contributed by atoms with E-state index in [2.05, 4.69) is 12.2 Å². The molecule has 0 aromatic rings. The molecule has 1 radical (unpaired) electrons. The normalized spacial score (nSPS) is 13.8. The fourth-order valence-corrected chi connectivity index (χ4v) is 0.576. The van der Waals surface area contributed by atoms with Gasteiger partial charge in [-0.3, -0.25) is 0 Å². The van der Waals surface area contributed by atoms with Gasteiger partial charge in [-0.1, -0.05) is 6.92 Å². The molecule has 0 rings (SSSR count). The number of hydrogen-bond donors (Lipinski definition) is 1. The lowest BCUT2D eigenvalue weighted by Crippen LogP contribution is -2.37. The molecule has 0 spiro atoms. The maximum Gasteiger partial charge on any atom is 0.407 e. The SMILES string of the molecule is [CH2][C@H](CC)NC(=O)OC(C)(C)C. The molecule has 1 amide bonds. The van der Waals surface area contributed by atoms with Gasteiger partial charge in [-0.25, -0.2) is 4.79 Å². The van der Waals surface area contributed by atoms with Gasteiger partial charge in [-0.2, -0.15) is 0 Å². The average Bonchev–Trinajstić information content (AvgIpc) is 1.82. The molecule has 0 heterocycles. The third kappa shape index (κ3) is 6.01. The largest absolute Gasteiger partial charge is 0.444 e. The molecule has 3 nitrogen and oxygen atoms in total. The summed E-state index contributed by atoms with van der Waals surface area (Å²) in [6, 6.07) is -0.0696. The quantitative estimate of drug-likeness (QED) is 0.693. The number of ether oxygens (including phenoxy) is 1. The minimum absolute atomic E-state index is 0.0696. The van der Waals surface area contributed by atoms with E-state index in [0.29, 0.717) is 0 Å². The second-order valence-corrected chi connectivity index (χ2v) is 3.75. The molecule has 0 aromatic heterocycles. The molecule has 0 aliphatic carbocycles. The van der Waals surface area contributed by atoms with Gasteiger partial charge in [0, 0.05) is 6.04 Å². The van der Waals surface area contributed by atoms with Gasteiger partial charge < -0.3 is 10.1 Å². The van der Waals surface area contributed by atoms with Crippen LogP contribution in [0.15, 0.2) is 0 Å². The molecule has 0 fully saturated rings. The van der Waals surface area contributed by atoms with Crippen LogP contribution >= 0.6 is 0 Å². The van der Waals surface area contributed by atoms with E-state index in [1.54, 1.807) is 0 Å². The summed E-state index contributed by atoms with van der Waals surface area (Å²) in [7, 11) is 0. The Labute approximate surface area is 74.5 Å². The lowest BCUT2D eigenvalue weighted by Gasteiger charge is -2.21. The summed E-state index contributed by atoms with van der Waals surface area (Å²) in [5, 5.41) is 2.61. The number of carbonyl (C=O) groups excluding carboxylic acids is 1. The molecule has 3 heteroatoms. The van der Waals surface area contributed by atoms with E-state index in [1.165, 1.54) is 0 Å². The molecular formula is C9H18NO2. The van der Waals surface area contributed by atoms with Gasteiger partial charge in [0.2, 0.25) is 0 Å². The lowest BCUT2D eigenvalue weighted by atomic mass is 10.2. The van der Waals surface area contributed by atoms with Crippen molar-refractivity contribution in [3.05, 3.63) is 6.92 Å². The lowest BCUT2D eigenvalue weighted by molar-refractivity contribution is 0.0513. The first-order valence-corrected chi connectivity index (χ1v) is 4.17. The van der Waals surface area contributed by atoms with Crippen molar-refractivity contribution in [3.8, 4) is 0 Å². The third-order valence-electron chi connectivity index (χ3n) is 1.21. The Morgan fingerprint density at radius 2 is 2.08 bits per heavy atom. The number of nitrogens with one attached hydrogen (secondary N) is 1. The zero-order valence-corrected chi connectivity index (χ0v) is 8.31. The van der Waals surface area contributed by atoms with Gasteiger partial charge in [0.05, 0.1) is 0 Å². The average molecular weight is 172 g/mol. The number of rotatable bonds is 2. The van der Waals surface area contributed by atoms with Crippen molar-refractivity contribution in [1.82, 2.24) is 5.32 Å². The molecule has 0 saturated carbocycles. The van der Waals surface area contributed by atoms with Crippen LogP contribution in [-0.4, -0.2) is 17.7 Å². The second kappa shape index (κ2) is 4.33. The molecule has 0 aliphatic rings. The van der Waals surface area contributed by atoms with E-state index < -0.39 is 11.7 Å². The number of hydrogen-bond acceptors (Lipinski definition) is 2. The predicted octanol–water partition coefficient (Wildman–Crippen LogP) is 2.12. The maximum absolute atomic E-state index is 11.1. The summed E-state index contributed by atoms with van der Waals surface area (Å²) >= 11 is 0. The van der Waals surface area contributed by atoms with Crippen molar-refractivity contribution in [2.75, 3.05) is 0 Å². The molecule has 0 bridgehead atoms. The van der Waals surface area contributed by atoms with E-state index >= 15 is 0 Å². The molecule has 1 atom stereocenters. The van der Waals surface area contributed by atoms with Crippen molar-refractivity contribution in [3.63, 3.8) is 0 Å². The molecule has 1 N–H and O–H groups in total. The first-order chi connectivity index (χ1) is 5.35. The fourth-order valence-electron chi connectivity index (χ4n) is 0.576. The van der Waals surface area contributed by atoms with Crippen molar-refractivity contribution < 1.29 is 9.53 Å². The van der Waals surface area contributed by atoms with Gasteiger partial charge in [-0.15, -0.1) is 0 Å². The van der Waals surface area contributed by atoms with Crippen LogP contribution < -0.4 is 5.32 Å². The summed E-state index contributed by atoms with van der Waals surface area (Å²) < 4.78 is 5.02. The zero-order chi connectivity index (χ0) is 9.78. The minimum atomic E-state index is -0.433. The topological polar surface area (TPSA) is 38.3 Å². The maximum atomic E-state index is 11.1. The smallest absolute Gasteiger partial charge is 0.407 e. The summed E-state index contributed by atoms with van der Waals surface area (Å²) in [6.07, 6.45) is 0.406. The van der Waals surface area contributed by atoms with Crippen LogP contribution in [0.5, 0.6) is 0 Å². The Balaban J connectivity index is 3.75. The van der Waals surface area contributed by atoms with Crippen LogP contribution in [0.2, 0.25) is 0 Å². The van der Waals surface area contributed by atoms with Crippen LogP contribution in [0, 0.1) is 6.92 Å². The summed E-state index contributed by atoms with van der Waals surface area (Å²) in [5.41, 5.74) is -0.433. The Bertz CT molecular complexity index is 149. The van der Waals surface area contributed by atoms with Crippen molar-refractivity contribution in [1.29, 1.82) is 0 Å². The van der Waals surface area contributed by atoms with Crippen LogP contribution in [0.4, 0.5) is 4.79 Å². The Morgan fingerprint density at radius 1 is 1.58 bits per heavy atom. The standard InChI is InChI=1S/C9H18NO2/c1-6-7(2)10-8(11)12-9(3,4)5/h7H,2,6H2,1,3-5H3,(H,10,11)/t7-/m1/s1. The molecule has 0 aliphatic heterocycles. The van der Waals surface area contributed by atoms with E-state index in [9.17, 15) is 4.79 Å². The van der Waals surface area contributed by atoms with E-state index in [1.807, 2.05) is 27.7 Å². The molecule has 71 valence electrons. The van der Waals surface area contributed by atoms with Gasteiger partial charge in [-0.05, 0) is 34.1 Å². The first-order valence-electron chi connectivity index (χ1n) is 4.17. The van der Waals surface area contributed by atoms with Crippen molar-refractivity contribution >= 4 is 6.09 Å². The summed E-state index contributed by atoms with van der Waals surface area (Å²) in [6.45, 7) is 11.2. The number of amides is 1. The summed E-state index contributed by atoms with van der Waals surface area (Å²) in [4.78, 5) is 11.1. The van der Waals surface area contributed by atoms with Gasteiger partial charge in [0.25, 0.3) is 0 Å². The number of alkyl carbamates (subject to hydrolysis) is 1. The van der Waals surface area contributed by atoms with E-state index in [0.717, 1.165) is 6.42 Å². The van der Waals surface area contributed by atoms with E-state index in [-0.39, 0.29) is 6.04 Å². The van der Waals surface area contributed by atoms with Gasteiger partial charge in [0.15, 0.2) is 0 Å². The van der Waals surface area contributed by atoms with Crippen molar-refractivity contribution in [2.24, 2.45) is 0 Å². The molecule has 0 aromatic carbocycles. The van der Waals surface area contributed by atoms with Crippen LogP contribution in [0.1, 0.15) is 34.1 Å². The molecule has 0 unspecified atom stereocenters. The van der Waals surface area contributed by atoms with Crippen molar-refractivity contribution in [2.45, 2.75) is 45.8 Å². The highest BCUT2D eigenvalue weighted by Crippen LogP contribution is 2.06.